The summed E-state index contributed by atoms with van der Waals surface area (Å²) in [7, 11) is 0. The Kier molecular flexibility index (Phi) is 5.93. The van der Waals surface area contributed by atoms with Crippen molar-refractivity contribution in [2.24, 2.45) is 5.73 Å². The van der Waals surface area contributed by atoms with Crippen LogP contribution < -0.4 is 19.9 Å². The lowest BCUT2D eigenvalue weighted by Gasteiger charge is -2.22. The molecule has 0 aromatic heterocycles. The number of nitrogens with two attached hydrogens (primary N) is 1. The van der Waals surface area contributed by atoms with Crippen LogP contribution in [0.5, 0.6) is 17.2 Å². The van der Waals surface area contributed by atoms with Crippen LogP contribution in [0.25, 0.3) is 0 Å². The molecule has 0 spiro atoms. The molecule has 1 rings (SSSR count). The Labute approximate surface area is 134 Å². The maximum absolute atomic E-state index is 12.5. The van der Waals surface area contributed by atoms with Crippen molar-refractivity contribution < 1.29 is 53.7 Å². The molecule has 4 nitrogen and oxygen atoms in total. The van der Waals surface area contributed by atoms with E-state index < -0.39 is 47.9 Å². The lowest BCUT2D eigenvalue weighted by Crippen LogP contribution is -2.24. The molecule has 0 bridgehead atoms. The Morgan fingerprint density at radius 1 is 0.840 bits per heavy atom. The van der Waals surface area contributed by atoms with E-state index in [4.69, 9.17) is 5.73 Å². The summed E-state index contributed by atoms with van der Waals surface area (Å²) in [5, 5.41) is 0. The van der Waals surface area contributed by atoms with Gasteiger partial charge in [0, 0.05) is 17.7 Å². The molecule has 0 fully saturated rings. The van der Waals surface area contributed by atoms with E-state index in [9.17, 15) is 39.5 Å². The van der Waals surface area contributed by atoms with Crippen molar-refractivity contribution in [2.75, 3.05) is 0 Å². The summed E-state index contributed by atoms with van der Waals surface area (Å²) < 4.78 is 122. The topological polar surface area (TPSA) is 53.7 Å². The fraction of sp³-hybridized carbons (Fsp3) is 0.500. The van der Waals surface area contributed by atoms with E-state index in [0.29, 0.717) is 6.07 Å². The van der Waals surface area contributed by atoms with Gasteiger partial charge in [-0.2, -0.15) is 0 Å². The predicted octanol–water partition coefficient (Wildman–Crippen LogP) is 4.79. The molecule has 144 valence electrons. The van der Waals surface area contributed by atoms with E-state index in [0.717, 1.165) is 0 Å². The summed E-state index contributed by atoms with van der Waals surface area (Å²) in [5.41, 5.74) is 4.65. The Morgan fingerprint density at radius 2 is 1.32 bits per heavy atom. The zero-order valence-electron chi connectivity index (χ0n) is 12.1. The van der Waals surface area contributed by atoms with Crippen LogP contribution in [0.1, 0.15) is 24.9 Å². The minimum atomic E-state index is -5.51. The third kappa shape index (κ3) is 7.15. The van der Waals surface area contributed by atoms with Crippen LogP contribution in [0.4, 0.5) is 39.5 Å². The summed E-state index contributed by atoms with van der Waals surface area (Å²) in [4.78, 5) is 0. The van der Waals surface area contributed by atoms with Gasteiger partial charge in [0.2, 0.25) is 0 Å². The van der Waals surface area contributed by atoms with Crippen LogP contribution in [-0.4, -0.2) is 19.1 Å². The number of hydrogen-bond donors (Lipinski definition) is 1. The fourth-order valence-corrected chi connectivity index (χ4v) is 1.71. The standard InChI is InChI=1S/C12H10F9NO3/c1-2-7(22)6-3-5(23-10(13,14)15)4-8(24-11(16,17)18)9(6)25-12(19,20)21/h3-4,7H,2,22H2,1H3. The average molecular weight is 387 g/mol. The molecular formula is C12H10F9NO3. The highest BCUT2D eigenvalue weighted by atomic mass is 19.4. The Hall–Kier alpha value is -2.05. The first-order valence-electron chi connectivity index (χ1n) is 6.32. The first kappa shape index (κ1) is 21.0. The summed E-state index contributed by atoms with van der Waals surface area (Å²) in [6.45, 7) is 1.34. The number of rotatable bonds is 5. The predicted molar refractivity (Wildman–Crippen MR) is 63.7 cm³/mol. The Bertz CT molecular complexity index is 595. The van der Waals surface area contributed by atoms with Gasteiger partial charge in [-0.05, 0) is 12.5 Å². The molecule has 0 saturated carbocycles. The molecule has 25 heavy (non-hydrogen) atoms. The van der Waals surface area contributed by atoms with Crippen LogP contribution in [0.15, 0.2) is 12.1 Å². The first-order valence-corrected chi connectivity index (χ1v) is 6.32. The third-order valence-corrected chi connectivity index (χ3v) is 2.57. The first-order chi connectivity index (χ1) is 11.1. The van der Waals surface area contributed by atoms with Crippen molar-refractivity contribution in [3.8, 4) is 17.2 Å². The molecule has 0 radical (unpaired) electrons. The van der Waals surface area contributed by atoms with E-state index in [1.807, 2.05) is 0 Å². The monoisotopic (exact) mass is 387 g/mol. The third-order valence-electron chi connectivity index (χ3n) is 2.57. The molecule has 1 atom stereocenters. The largest absolute Gasteiger partial charge is 0.573 e. The van der Waals surface area contributed by atoms with Crippen molar-refractivity contribution in [1.82, 2.24) is 0 Å². The van der Waals surface area contributed by atoms with Gasteiger partial charge in [0.15, 0.2) is 11.5 Å². The van der Waals surface area contributed by atoms with Crippen LogP contribution in [0, 0.1) is 0 Å². The average Bonchev–Trinajstić information content (AvgIpc) is 2.35. The summed E-state index contributed by atoms with van der Waals surface area (Å²) in [5.74, 6) is -4.43. The second kappa shape index (κ2) is 7.06. The normalized spacial score (nSPS) is 14.2. The molecule has 1 aromatic carbocycles. The zero-order valence-corrected chi connectivity index (χ0v) is 12.1. The molecule has 13 heteroatoms. The number of benzene rings is 1. The molecule has 0 aliphatic heterocycles. The maximum Gasteiger partial charge on any atom is 0.573 e. The zero-order chi connectivity index (χ0) is 19.6. The van der Waals surface area contributed by atoms with Crippen molar-refractivity contribution in [1.29, 1.82) is 0 Å². The van der Waals surface area contributed by atoms with Gasteiger partial charge in [-0.1, -0.05) is 6.92 Å². The number of hydrogen-bond acceptors (Lipinski definition) is 4. The summed E-state index contributed by atoms with van der Waals surface area (Å²) >= 11 is 0. The fourth-order valence-electron chi connectivity index (χ4n) is 1.71. The molecule has 0 heterocycles. The molecule has 1 aromatic rings. The smallest absolute Gasteiger partial charge is 0.406 e. The lowest BCUT2D eigenvalue weighted by atomic mass is 10.0. The van der Waals surface area contributed by atoms with Gasteiger partial charge >= 0.3 is 19.1 Å². The second-order valence-corrected chi connectivity index (χ2v) is 4.50. The SMILES string of the molecule is CCC(N)c1cc(OC(F)(F)F)cc(OC(F)(F)F)c1OC(F)(F)F. The molecule has 2 N–H and O–H groups in total. The lowest BCUT2D eigenvalue weighted by molar-refractivity contribution is -0.288. The van der Waals surface area contributed by atoms with E-state index in [-0.39, 0.29) is 12.5 Å². The summed E-state index contributed by atoms with van der Waals surface area (Å²) in [6, 6.07) is -1.02. The van der Waals surface area contributed by atoms with Crippen LogP contribution in [-0.2, 0) is 0 Å². The number of ether oxygens (including phenoxy) is 3. The van der Waals surface area contributed by atoms with Crippen LogP contribution in [0.3, 0.4) is 0 Å². The minimum absolute atomic E-state index is 0.0338. The minimum Gasteiger partial charge on any atom is -0.406 e. The molecule has 0 aliphatic rings. The highest BCUT2D eigenvalue weighted by Gasteiger charge is 2.40. The number of alkyl halides is 9. The highest BCUT2D eigenvalue weighted by Crippen LogP contribution is 2.44. The summed E-state index contributed by atoms with van der Waals surface area (Å²) in [6.07, 6.45) is -16.4. The number of halogens is 9. The second-order valence-electron chi connectivity index (χ2n) is 4.50. The van der Waals surface area contributed by atoms with Gasteiger partial charge in [-0.25, -0.2) is 0 Å². The van der Waals surface area contributed by atoms with Gasteiger partial charge < -0.3 is 19.9 Å². The quantitative estimate of drug-likeness (QED) is 0.738. The highest BCUT2D eigenvalue weighted by molar-refractivity contribution is 5.53. The van der Waals surface area contributed by atoms with Gasteiger partial charge in [0.1, 0.15) is 5.75 Å². The van der Waals surface area contributed by atoms with E-state index in [2.05, 4.69) is 14.2 Å². The van der Waals surface area contributed by atoms with Crippen molar-refractivity contribution >= 4 is 0 Å². The van der Waals surface area contributed by atoms with Gasteiger partial charge in [0.25, 0.3) is 0 Å². The molecule has 0 aliphatic carbocycles. The van der Waals surface area contributed by atoms with Crippen molar-refractivity contribution in [2.45, 2.75) is 38.5 Å². The van der Waals surface area contributed by atoms with E-state index >= 15 is 0 Å². The maximum atomic E-state index is 12.5. The molecular weight excluding hydrogens is 377 g/mol. The van der Waals surface area contributed by atoms with Crippen LogP contribution >= 0.6 is 0 Å². The Morgan fingerprint density at radius 3 is 1.72 bits per heavy atom. The van der Waals surface area contributed by atoms with Gasteiger partial charge in [-0.15, -0.1) is 39.5 Å². The Balaban J connectivity index is 3.56. The molecule has 0 saturated heterocycles. The van der Waals surface area contributed by atoms with Crippen molar-refractivity contribution in [3.63, 3.8) is 0 Å². The van der Waals surface area contributed by atoms with E-state index in [1.54, 1.807) is 0 Å². The van der Waals surface area contributed by atoms with Gasteiger partial charge in [-0.3, -0.25) is 0 Å². The van der Waals surface area contributed by atoms with Crippen molar-refractivity contribution in [3.05, 3.63) is 17.7 Å². The molecule has 1 unspecified atom stereocenters. The van der Waals surface area contributed by atoms with E-state index in [1.165, 1.54) is 6.92 Å². The molecule has 0 amide bonds. The van der Waals surface area contributed by atoms with Gasteiger partial charge in [0.05, 0.1) is 0 Å². The van der Waals surface area contributed by atoms with Crippen LogP contribution in [0.2, 0.25) is 0 Å².